The summed E-state index contributed by atoms with van der Waals surface area (Å²) < 4.78 is 1.80. The van der Waals surface area contributed by atoms with Crippen LogP contribution in [0, 0.1) is 12.3 Å². The molecule has 21 heavy (non-hydrogen) atoms. The molecule has 1 amide bonds. The van der Waals surface area contributed by atoms with Crippen LogP contribution >= 0.6 is 0 Å². The molecule has 1 aliphatic carbocycles. The summed E-state index contributed by atoms with van der Waals surface area (Å²) >= 11 is 0. The fourth-order valence-corrected chi connectivity index (χ4v) is 3.26. The maximum atomic E-state index is 12.6. The largest absolute Gasteiger partial charge is 0.294 e. The standard InChI is InChI=1S/C17H20N2O2/c1-10-5-6-13-12(7-10)16-14(19(13)18-11(2)20)8-17(3,4)9-15(16)21/h5-7H,8-9H2,1-4H3,(H,18,20). The summed E-state index contributed by atoms with van der Waals surface area (Å²) in [5, 5.41) is 0.944. The van der Waals surface area contributed by atoms with E-state index in [2.05, 4.69) is 19.3 Å². The Morgan fingerprint density at radius 1 is 1.29 bits per heavy atom. The van der Waals surface area contributed by atoms with Crippen LogP contribution in [0.2, 0.25) is 0 Å². The highest BCUT2D eigenvalue weighted by molar-refractivity contribution is 6.11. The second kappa shape index (κ2) is 4.45. The van der Waals surface area contributed by atoms with E-state index in [1.807, 2.05) is 25.1 Å². The normalized spacial score (nSPS) is 16.9. The second-order valence-corrected chi connectivity index (χ2v) is 6.79. The number of aryl methyl sites for hydroxylation is 1. The lowest BCUT2D eigenvalue weighted by Crippen LogP contribution is -2.31. The van der Waals surface area contributed by atoms with Crippen molar-refractivity contribution in [1.29, 1.82) is 0 Å². The Hall–Kier alpha value is -2.10. The van der Waals surface area contributed by atoms with E-state index in [0.29, 0.717) is 6.42 Å². The Morgan fingerprint density at radius 3 is 2.67 bits per heavy atom. The first-order valence-corrected chi connectivity index (χ1v) is 7.23. The number of rotatable bonds is 1. The van der Waals surface area contributed by atoms with Crippen molar-refractivity contribution in [2.45, 2.75) is 40.5 Å². The molecule has 1 aromatic heterocycles. The number of aromatic nitrogens is 1. The highest BCUT2D eigenvalue weighted by Gasteiger charge is 2.35. The van der Waals surface area contributed by atoms with Gasteiger partial charge in [-0.2, -0.15) is 0 Å². The molecule has 1 aliphatic rings. The molecule has 0 bridgehead atoms. The van der Waals surface area contributed by atoms with Gasteiger partial charge in [0.05, 0.1) is 11.2 Å². The first-order chi connectivity index (χ1) is 9.78. The number of hydrogen-bond acceptors (Lipinski definition) is 2. The van der Waals surface area contributed by atoms with Crippen LogP contribution in [0.5, 0.6) is 0 Å². The Labute approximate surface area is 124 Å². The fraction of sp³-hybridized carbons (Fsp3) is 0.412. The Kier molecular flexibility index (Phi) is 2.94. The zero-order valence-corrected chi connectivity index (χ0v) is 12.9. The Bertz CT molecular complexity index is 769. The van der Waals surface area contributed by atoms with Crippen molar-refractivity contribution in [2.24, 2.45) is 5.41 Å². The molecule has 4 heteroatoms. The van der Waals surface area contributed by atoms with Gasteiger partial charge in [0.15, 0.2) is 5.78 Å². The third-order valence-electron chi connectivity index (χ3n) is 4.05. The summed E-state index contributed by atoms with van der Waals surface area (Å²) in [6.45, 7) is 7.69. The minimum absolute atomic E-state index is 0.0796. The number of fused-ring (bicyclic) bond motifs is 3. The molecule has 2 aromatic rings. The molecule has 110 valence electrons. The molecule has 4 nitrogen and oxygen atoms in total. The maximum Gasteiger partial charge on any atom is 0.235 e. The average Bonchev–Trinajstić information content (AvgIpc) is 2.61. The highest BCUT2D eigenvalue weighted by atomic mass is 16.2. The van der Waals surface area contributed by atoms with Gasteiger partial charge in [-0.25, -0.2) is 0 Å². The third kappa shape index (κ3) is 2.24. The van der Waals surface area contributed by atoms with Gasteiger partial charge >= 0.3 is 0 Å². The topological polar surface area (TPSA) is 51.1 Å². The molecule has 0 saturated carbocycles. The van der Waals surface area contributed by atoms with Gasteiger partial charge in [-0.05, 0) is 30.9 Å². The van der Waals surface area contributed by atoms with E-state index in [1.165, 1.54) is 6.92 Å². The van der Waals surface area contributed by atoms with E-state index < -0.39 is 0 Å². The summed E-state index contributed by atoms with van der Waals surface area (Å²) in [6, 6.07) is 6.00. The quantitative estimate of drug-likeness (QED) is 0.874. The average molecular weight is 284 g/mol. The van der Waals surface area contributed by atoms with Gasteiger partial charge in [0.2, 0.25) is 5.91 Å². The van der Waals surface area contributed by atoms with Crippen molar-refractivity contribution in [3.05, 3.63) is 35.0 Å². The van der Waals surface area contributed by atoms with E-state index in [1.54, 1.807) is 4.68 Å². The molecule has 1 aromatic carbocycles. The van der Waals surface area contributed by atoms with E-state index >= 15 is 0 Å². The number of amides is 1. The predicted molar refractivity (Wildman–Crippen MR) is 83.1 cm³/mol. The summed E-state index contributed by atoms with van der Waals surface area (Å²) in [6.07, 6.45) is 1.33. The summed E-state index contributed by atoms with van der Waals surface area (Å²) in [7, 11) is 0. The smallest absolute Gasteiger partial charge is 0.235 e. The van der Waals surface area contributed by atoms with Crippen LogP contribution in [0.4, 0.5) is 0 Å². The Morgan fingerprint density at radius 2 is 2.00 bits per heavy atom. The van der Waals surface area contributed by atoms with Gasteiger partial charge in [0.25, 0.3) is 0 Å². The van der Waals surface area contributed by atoms with Gasteiger partial charge in [0, 0.05) is 24.3 Å². The first-order valence-electron chi connectivity index (χ1n) is 7.23. The molecular formula is C17H20N2O2. The molecule has 0 saturated heterocycles. The monoisotopic (exact) mass is 284 g/mol. The lowest BCUT2D eigenvalue weighted by Gasteiger charge is -2.29. The molecule has 1 N–H and O–H groups in total. The number of nitrogens with one attached hydrogen (secondary N) is 1. The van der Waals surface area contributed by atoms with Crippen molar-refractivity contribution < 1.29 is 9.59 Å². The van der Waals surface area contributed by atoms with E-state index in [4.69, 9.17) is 0 Å². The molecule has 0 unspecified atom stereocenters. The molecule has 0 aliphatic heterocycles. The number of carbonyl (C=O) groups excluding carboxylic acids is 2. The number of hydrogen-bond donors (Lipinski definition) is 1. The van der Waals surface area contributed by atoms with Gasteiger partial charge in [0.1, 0.15) is 0 Å². The van der Waals surface area contributed by atoms with Crippen molar-refractivity contribution >= 4 is 22.6 Å². The van der Waals surface area contributed by atoms with Crippen LogP contribution in [0.3, 0.4) is 0 Å². The molecule has 3 rings (SSSR count). The van der Waals surface area contributed by atoms with Gasteiger partial charge in [-0.15, -0.1) is 0 Å². The van der Waals surface area contributed by atoms with Crippen LogP contribution in [0.15, 0.2) is 18.2 Å². The van der Waals surface area contributed by atoms with Gasteiger partial charge in [-0.3, -0.25) is 19.7 Å². The number of benzene rings is 1. The van der Waals surface area contributed by atoms with Crippen molar-refractivity contribution in [3.8, 4) is 0 Å². The highest BCUT2D eigenvalue weighted by Crippen LogP contribution is 2.39. The van der Waals surface area contributed by atoms with Gasteiger partial charge in [-0.1, -0.05) is 25.5 Å². The fourth-order valence-electron chi connectivity index (χ4n) is 3.26. The molecule has 0 atom stereocenters. The van der Waals surface area contributed by atoms with Crippen molar-refractivity contribution in [1.82, 2.24) is 4.68 Å². The van der Waals surface area contributed by atoms with Crippen LogP contribution in [0.25, 0.3) is 10.9 Å². The molecule has 0 fully saturated rings. The van der Waals surface area contributed by atoms with Crippen molar-refractivity contribution in [3.63, 3.8) is 0 Å². The molecule has 1 heterocycles. The number of nitrogens with zero attached hydrogens (tertiary/aromatic N) is 1. The molecular weight excluding hydrogens is 264 g/mol. The minimum atomic E-state index is -0.133. The molecule has 0 spiro atoms. The predicted octanol–water partition coefficient (Wildman–Crippen LogP) is 3.19. The second-order valence-electron chi connectivity index (χ2n) is 6.79. The van der Waals surface area contributed by atoms with E-state index in [9.17, 15) is 9.59 Å². The summed E-state index contributed by atoms with van der Waals surface area (Å²) in [5.74, 6) is 0.0343. The van der Waals surface area contributed by atoms with Crippen LogP contribution < -0.4 is 5.43 Å². The zero-order valence-electron chi connectivity index (χ0n) is 12.9. The van der Waals surface area contributed by atoms with Crippen LogP contribution in [-0.2, 0) is 11.2 Å². The van der Waals surface area contributed by atoms with Gasteiger partial charge < -0.3 is 0 Å². The summed E-state index contributed by atoms with van der Waals surface area (Å²) in [5.41, 5.74) is 6.49. The first kappa shape index (κ1) is 13.9. The number of Topliss-reactive ketones (excluding diaryl/α,β-unsaturated/α-hetero) is 1. The lowest BCUT2D eigenvalue weighted by atomic mass is 9.76. The van der Waals surface area contributed by atoms with Crippen LogP contribution in [-0.4, -0.2) is 16.4 Å². The van der Waals surface area contributed by atoms with Crippen molar-refractivity contribution in [2.75, 3.05) is 5.43 Å². The van der Waals surface area contributed by atoms with Crippen LogP contribution in [0.1, 0.15) is 48.8 Å². The lowest BCUT2D eigenvalue weighted by molar-refractivity contribution is -0.115. The summed E-state index contributed by atoms with van der Waals surface area (Å²) in [4.78, 5) is 24.1. The van der Waals surface area contributed by atoms with E-state index in [-0.39, 0.29) is 17.1 Å². The maximum absolute atomic E-state index is 12.6. The third-order valence-corrected chi connectivity index (χ3v) is 4.05. The van der Waals surface area contributed by atoms with E-state index in [0.717, 1.165) is 34.1 Å². The number of ketones is 1. The SMILES string of the molecule is CC(=O)Nn1c2c(c3cc(C)ccc31)C(=O)CC(C)(C)C2. The minimum Gasteiger partial charge on any atom is -0.294 e. The zero-order chi connectivity index (χ0) is 15.4. The number of carbonyl (C=O) groups is 2. The molecule has 0 radical (unpaired) electrons. The Balaban J connectivity index is 2.34.